The third kappa shape index (κ3) is 3.31. The first-order chi connectivity index (χ1) is 8.74. The number of rotatable bonds is 4. The van der Waals surface area contributed by atoms with Gasteiger partial charge in [-0.1, -0.05) is 35.7 Å². The van der Waals surface area contributed by atoms with Crippen molar-refractivity contribution in [2.45, 2.75) is 63.6 Å². The molecular weight excluding hydrogens is 288 g/mol. The van der Waals surface area contributed by atoms with Gasteiger partial charge in [0.05, 0.1) is 0 Å². The van der Waals surface area contributed by atoms with E-state index in [0.29, 0.717) is 5.92 Å². The smallest absolute Gasteiger partial charge is 0.131 e. The van der Waals surface area contributed by atoms with Crippen LogP contribution in [0.5, 0.6) is 0 Å². The first kappa shape index (κ1) is 14.0. The predicted molar refractivity (Wildman–Crippen MR) is 79.0 cm³/mol. The molecule has 2 nitrogen and oxygen atoms in total. The lowest BCUT2D eigenvalue weighted by Crippen LogP contribution is -2.16. The maximum absolute atomic E-state index is 4.70. The summed E-state index contributed by atoms with van der Waals surface area (Å²) in [4.78, 5) is 9.26. The fourth-order valence-electron chi connectivity index (χ4n) is 2.96. The van der Waals surface area contributed by atoms with Gasteiger partial charge in [-0.25, -0.2) is 9.97 Å². The SMILES string of the molecule is CCCC1CCC(c2ncc(CBr)c(C)n2)CC1. The lowest BCUT2D eigenvalue weighted by molar-refractivity contribution is 0.302. The molecule has 0 N–H and O–H groups in total. The molecule has 0 aromatic carbocycles. The highest BCUT2D eigenvalue weighted by Crippen LogP contribution is 2.36. The van der Waals surface area contributed by atoms with Gasteiger partial charge in [-0.3, -0.25) is 0 Å². The molecule has 3 heteroatoms. The van der Waals surface area contributed by atoms with Crippen LogP contribution in [0.15, 0.2) is 6.20 Å². The van der Waals surface area contributed by atoms with Gasteiger partial charge in [-0.15, -0.1) is 0 Å². The largest absolute Gasteiger partial charge is 0.241 e. The predicted octanol–water partition coefficient (Wildman–Crippen LogP) is 4.75. The third-order valence-corrected chi connectivity index (χ3v) is 4.76. The number of hydrogen-bond acceptors (Lipinski definition) is 2. The van der Waals surface area contributed by atoms with Crippen LogP contribution >= 0.6 is 15.9 Å². The molecule has 0 amide bonds. The van der Waals surface area contributed by atoms with E-state index in [1.54, 1.807) is 0 Å². The van der Waals surface area contributed by atoms with Gasteiger partial charge in [0.15, 0.2) is 0 Å². The summed E-state index contributed by atoms with van der Waals surface area (Å²) < 4.78 is 0. The van der Waals surface area contributed by atoms with E-state index in [1.165, 1.54) is 44.1 Å². The molecule has 1 fully saturated rings. The topological polar surface area (TPSA) is 25.8 Å². The summed E-state index contributed by atoms with van der Waals surface area (Å²) in [5, 5.41) is 0.850. The molecule has 100 valence electrons. The Bertz CT molecular complexity index is 384. The Morgan fingerprint density at radius 3 is 2.56 bits per heavy atom. The van der Waals surface area contributed by atoms with Gasteiger partial charge < -0.3 is 0 Å². The summed E-state index contributed by atoms with van der Waals surface area (Å²) in [5.74, 6) is 2.63. The quantitative estimate of drug-likeness (QED) is 0.750. The van der Waals surface area contributed by atoms with E-state index in [9.17, 15) is 0 Å². The van der Waals surface area contributed by atoms with Crippen molar-refractivity contribution in [3.05, 3.63) is 23.3 Å². The average Bonchev–Trinajstić information content (AvgIpc) is 2.40. The van der Waals surface area contributed by atoms with E-state index < -0.39 is 0 Å². The Morgan fingerprint density at radius 1 is 1.28 bits per heavy atom. The normalized spacial score (nSPS) is 24.2. The van der Waals surface area contributed by atoms with Gasteiger partial charge in [0.25, 0.3) is 0 Å². The Labute approximate surface area is 119 Å². The second-order valence-electron chi connectivity index (χ2n) is 5.48. The minimum absolute atomic E-state index is 0.598. The summed E-state index contributed by atoms with van der Waals surface area (Å²) in [5.41, 5.74) is 2.34. The number of aryl methyl sites for hydroxylation is 1. The van der Waals surface area contributed by atoms with Crippen LogP contribution in [0, 0.1) is 12.8 Å². The van der Waals surface area contributed by atoms with Gasteiger partial charge in [0.1, 0.15) is 5.82 Å². The Hall–Kier alpha value is -0.440. The number of nitrogens with zero attached hydrogens (tertiary/aromatic N) is 2. The average molecular weight is 311 g/mol. The second kappa shape index (κ2) is 6.65. The molecule has 0 atom stereocenters. The fraction of sp³-hybridized carbons (Fsp3) is 0.733. The van der Waals surface area contributed by atoms with Crippen LogP contribution in [0.1, 0.15) is 68.4 Å². The lowest BCUT2D eigenvalue weighted by Gasteiger charge is -2.27. The van der Waals surface area contributed by atoms with Crippen LogP contribution < -0.4 is 0 Å². The molecule has 0 bridgehead atoms. The first-order valence-electron chi connectivity index (χ1n) is 7.13. The standard InChI is InChI=1S/C15H23BrN2/c1-3-4-12-5-7-13(8-6-12)15-17-10-14(9-16)11(2)18-15/h10,12-13H,3-9H2,1-2H3. The molecule has 1 aromatic rings. The van der Waals surface area contributed by atoms with Gasteiger partial charge in [-0.2, -0.15) is 0 Å². The molecule has 1 saturated carbocycles. The molecular formula is C15H23BrN2. The maximum atomic E-state index is 4.70. The maximum Gasteiger partial charge on any atom is 0.131 e. The van der Waals surface area contributed by atoms with E-state index >= 15 is 0 Å². The van der Waals surface area contributed by atoms with Gasteiger partial charge in [0, 0.05) is 28.7 Å². The van der Waals surface area contributed by atoms with E-state index in [-0.39, 0.29) is 0 Å². The van der Waals surface area contributed by atoms with E-state index in [2.05, 4.69) is 34.8 Å². The zero-order chi connectivity index (χ0) is 13.0. The van der Waals surface area contributed by atoms with Gasteiger partial charge in [-0.05, 0) is 38.5 Å². The van der Waals surface area contributed by atoms with Crippen LogP contribution in [0.25, 0.3) is 0 Å². The summed E-state index contributed by atoms with van der Waals surface area (Å²) in [6.45, 7) is 4.38. The number of hydrogen-bond donors (Lipinski definition) is 0. The highest BCUT2D eigenvalue weighted by atomic mass is 79.9. The van der Waals surface area contributed by atoms with Crippen LogP contribution in [-0.4, -0.2) is 9.97 Å². The van der Waals surface area contributed by atoms with Crippen molar-refractivity contribution in [2.24, 2.45) is 5.92 Å². The van der Waals surface area contributed by atoms with Gasteiger partial charge in [0.2, 0.25) is 0 Å². The van der Waals surface area contributed by atoms with Gasteiger partial charge >= 0.3 is 0 Å². The molecule has 1 heterocycles. The molecule has 18 heavy (non-hydrogen) atoms. The Kier molecular flexibility index (Phi) is 5.16. The summed E-state index contributed by atoms with van der Waals surface area (Å²) in [6.07, 6.45) is 9.99. The fourth-order valence-corrected chi connectivity index (χ4v) is 3.51. The molecule has 0 unspecified atom stereocenters. The molecule has 0 saturated heterocycles. The highest BCUT2D eigenvalue weighted by Gasteiger charge is 2.23. The zero-order valence-electron chi connectivity index (χ0n) is 11.5. The summed E-state index contributed by atoms with van der Waals surface area (Å²) in [6, 6.07) is 0. The highest BCUT2D eigenvalue weighted by molar-refractivity contribution is 9.08. The molecule has 1 aliphatic carbocycles. The van der Waals surface area contributed by atoms with Crippen LogP contribution in [0.2, 0.25) is 0 Å². The number of halogens is 1. The van der Waals surface area contributed by atoms with Crippen molar-refractivity contribution >= 4 is 15.9 Å². The molecule has 1 aliphatic rings. The lowest BCUT2D eigenvalue weighted by atomic mass is 9.80. The number of alkyl halides is 1. The minimum Gasteiger partial charge on any atom is -0.241 e. The molecule has 0 radical (unpaired) electrons. The van der Waals surface area contributed by atoms with E-state index in [0.717, 1.165) is 22.8 Å². The van der Waals surface area contributed by atoms with Crippen molar-refractivity contribution in [1.82, 2.24) is 9.97 Å². The molecule has 2 rings (SSSR count). The van der Waals surface area contributed by atoms with Crippen molar-refractivity contribution in [3.8, 4) is 0 Å². The summed E-state index contributed by atoms with van der Waals surface area (Å²) >= 11 is 3.47. The third-order valence-electron chi connectivity index (χ3n) is 4.15. The summed E-state index contributed by atoms with van der Waals surface area (Å²) in [7, 11) is 0. The van der Waals surface area contributed by atoms with E-state index in [1.807, 2.05) is 6.20 Å². The van der Waals surface area contributed by atoms with Crippen molar-refractivity contribution in [2.75, 3.05) is 0 Å². The molecule has 0 aliphatic heterocycles. The van der Waals surface area contributed by atoms with Crippen LogP contribution in [0.3, 0.4) is 0 Å². The van der Waals surface area contributed by atoms with Crippen molar-refractivity contribution in [1.29, 1.82) is 0 Å². The Balaban J connectivity index is 1.99. The molecule has 1 aromatic heterocycles. The number of aromatic nitrogens is 2. The first-order valence-corrected chi connectivity index (χ1v) is 8.25. The zero-order valence-corrected chi connectivity index (χ0v) is 13.0. The van der Waals surface area contributed by atoms with Crippen molar-refractivity contribution < 1.29 is 0 Å². The minimum atomic E-state index is 0.598. The molecule has 0 spiro atoms. The van der Waals surface area contributed by atoms with Crippen LogP contribution in [0.4, 0.5) is 0 Å². The van der Waals surface area contributed by atoms with Crippen molar-refractivity contribution in [3.63, 3.8) is 0 Å². The van der Waals surface area contributed by atoms with Crippen LogP contribution in [-0.2, 0) is 5.33 Å². The second-order valence-corrected chi connectivity index (χ2v) is 6.04. The monoisotopic (exact) mass is 310 g/mol. The van der Waals surface area contributed by atoms with E-state index in [4.69, 9.17) is 4.98 Å². The Morgan fingerprint density at radius 2 is 2.00 bits per heavy atom.